The number of nitrogens with two attached hydrogens (primary N) is 1. The van der Waals surface area contributed by atoms with Crippen molar-refractivity contribution in [2.45, 2.75) is 55.5 Å². The summed E-state index contributed by atoms with van der Waals surface area (Å²) in [6.45, 7) is 1.37. The Balaban J connectivity index is 1.52. The van der Waals surface area contributed by atoms with Crippen LogP contribution in [0.4, 0.5) is 0 Å². The van der Waals surface area contributed by atoms with E-state index in [9.17, 15) is 23.1 Å². The van der Waals surface area contributed by atoms with Crippen molar-refractivity contribution in [2.75, 3.05) is 19.7 Å². The summed E-state index contributed by atoms with van der Waals surface area (Å²) in [7, 11) is -3.88. The number of ether oxygens (including phenoxy) is 1. The first-order chi connectivity index (χ1) is 18.2. The molecule has 11 nitrogen and oxygen atoms in total. The van der Waals surface area contributed by atoms with E-state index in [2.05, 4.69) is 10.6 Å². The normalized spacial score (nSPS) is 16.5. The highest BCUT2D eigenvalue weighted by Gasteiger charge is 2.40. The van der Waals surface area contributed by atoms with Crippen molar-refractivity contribution in [3.63, 3.8) is 0 Å². The second-order valence-corrected chi connectivity index (χ2v) is 11.0. The maximum absolute atomic E-state index is 13.1. The molecule has 0 aromatic heterocycles. The third kappa shape index (κ3) is 8.18. The quantitative estimate of drug-likeness (QED) is 0.135. The Bertz CT molecular complexity index is 1190. The number of sulfonamides is 1. The predicted octanol–water partition coefficient (Wildman–Crippen LogP) is 1.68. The topological polar surface area (TPSA) is 175 Å². The lowest BCUT2D eigenvalue weighted by molar-refractivity contribution is -0.142. The highest BCUT2D eigenvalue weighted by molar-refractivity contribution is 7.89. The van der Waals surface area contributed by atoms with E-state index in [1.165, 1.54) is 12.1 Å². The first-order valence-electron chi connectivity index (χ1n) is 12.6. The van der Waals surface area contributed by atoms with E-state index in [4.69, 9.17) is 15.9 Å². The Morgan fingerprint density at radius 2 is 1.82 bits per heavy atom. The summed E-state index contributed by atoms with van der Waals surface area (Å²) < 4.78 is 33.0. The molecule has 0 unspecified atom stereocenters. The minimum atomic E-state index is -3.88. The molecule has 1 heterocycles. The van der Waals surface area contributed by atoms with Gasteiger partial charge in [0.2, 0.25) is 15.9 Å². The van der Waals surface area contributed by atoms with Crippen molar-refractivity contribution < 1.29 is 27.9 Å². The fourth-order valence-corrected chi connectivity index (χ4v) is 5.94. The second kappa shape index (κ2) is 13.8. The Kier molecular flexibility index (Phi) is 10.5. The molecule has 1 aliphatic heterocycles. The second-order valence-electron chi connectivity index (χ2n) is 9.08. The van der Waals surface area contributed by atoms with Gasteiger partial charge in [0.1, 0.15) is 17.8 Å². The molecular formula is C26H35N5O6S. The van der Waals surface area contributed by atoms with Crippen molar-refractivity contribution in [3.8, 4) is 5.75 Å². The van der Waals surface area contributed by atoms with Gasteiger partial charge in [-0.1, -0.05) is 30.3 Å². The number of carbonyl (C=O) groups is 2. The van der Waals surface area contributed by atoms with Crippen molar-refractivity contribution in [1.29, 1.82) is 5.41 Å². The molecule has 0 bridgehead atoms. The Morgan fingerprint density at radius 3 is 2.47 bits per heavy atom. The molecule has 1 fully saturated rings. The van der Waals surface area contributed by atoms with Gasteiger partial charge in [-0.2, -0.15) is 4.31 Å². The predicted molar refractivity (Wildman–Crippen MR) is 142 cm³/mol. The van der Waals surface area contributed by atoms with E-state index in [-0.39, 0.29) is 23.8 Å². The van der Waals surface area contributed by atoms with Crippen molar-refractivity contribution in [1.82, 2.24) is 14.9 Å². The summed E-state index contributed by atoms with van der Waals surface area (Å²) in [5.41, 5.74) is 5.93. The number of nitrogens with zero attached hydrogens (tertiary/aromatic N) is 1. The van der Waals surface area contributed by atoms with Crippen LogP contribution in [-0.4, -0.2) is 67.4 Å². The highest BCUT2D eigenvalue weighted by atomic mass is 32.2. The van der Waals surface area contributed by atoms with Gasteiger partial charge in [-0.25, -0.2) is 13.2 Å². The molecule has 206 valence electrons. The number of hydrogen-bond acceptors (Lipinski definition) is 6. The van der Waals surface area contributed by atoms with E-state index in [0.717, 1.165) is 23.6 Å². The molecule has 2 aromatic carbocycles. The van der Waals surface area contributed by atoms with Crippen LogP contribution in [0.1, 0.15) is 37.7 Å². The number of amides is 1. The van der Waals surface area contributed by atoms with Crippen LogP contribution in [0.2, 0.25) is 0 Å². The van der Waals surface area contributed by atoms with Gasteiger partial charge in [0, 0.05) is 19.5 Å². The number of carboxylic acid groups (broad SMARTS) is 1. The average molecular weight is 546 g/mol. The van der Waals surface area contributed by atoms with Crippen molar-refractivity contribution >= 4 is 27.9 Å². The maximum atomic E-state index is 13.1. The largest absolute Gasteiger partial charge is 0.494 e. The Labute approximate surface area is 222 Å². The Morgan fingerprint density at radius 1 is 1.11 bits per heavy atom. The smallest absolute Gasteiger partial charge is 0.326 e. The Hall–Kier alpha value is -3.64. The molecule has 0 radical (unpaired) electrons. The lowest BCUT2D eigenvalue weighted by Crippen LogP contribution is -2.51. The van der Waals surface area contributed by atoms with E-state index in [0.29, 0.717) is 37.3 Å². The van der Waals surface area contributed by atoms with Gasteiger partial charge < -0.3 is 26.2 Å². The SMILES string of the molecule is N=C(N)NCCCCCOc1ccc(C[C@H](NC(=O)[C@@H]2CCCN2S(=O)(=O)c2ccccc2)C(=O)O)cc1. The van der Waals surface area contributed by atoms with E-state index >= 15 is 0 Å². The summed E-state index contributed by atoms with van der Waals surface area (Å²) in [5, 5.41) is 22.1. The minimum absolute atomic E-state index is 0.0393. The zero-order valence-corrected chi connectivity index (χ0v) is 22.0. The monoisotopic (exact) mass is 545 g/mol. The standard InChI is InChI=1S/C26H35N5O6S/c27-26(28)29-15-5-2-6-17-37-20-13-11-19(12-14-20)18-22(25(33)34)30-24(32)23-10-7-16-31(23)38(35,36)21-8-3-1-4-9-21/h1,3-4,8-9,11-14,22-23H,2,5-7,10,15-18H2,(H,30,32)(H,33,34)(H4,27,28,29)/t22-,23-/m0/s1. The molecule has 3 rings (SSSR count). The summed E-state index contributed by atoms with van der Waals surface area (Å²) in [6.07, 6.45) is 3.52. The van der Waals surface area contributed by atoms with E-state index < -0.39 is 34.0 Å². The third-order valence-corrected chi connectivity index (χ3v) is 8.16. The number of unbranched alkanes of at least 4 members (excludes halogenated alkanes) is 2. The van der Waals surface area contributed by atoms with Gasteiger partial charge in [0.15, 0.2) is 5.96 Å². The number of nitrogens with one attached hydrogen (secondary N) is 3. The molecule has 0 spiro atoms. The van der Waals surface area contributed by atoms with Gasteiger partial charge in [-0.3, -0.25) is 10.2 Å². The highest BCUT2D eigenvalue weighted by Crippen LogP contribution is 2.26. The number of aliphatic carboxylic acids is 1. The molecule has 0 aliphatic carbocycles. The molecule has 2 atom stereocenters. The fraction of sp³-hybridized carbons (Fsp3) is 0.423. The van der Waals surface area contributed by atoms with Crippen LogP contribution in [0.15, 0.2) is 59.5 Å². The van der Waals surface area contributed by atoms with Crippen LogP contribution in [-0.2, 0) is 26.0 Å². The van der Waals surface area contributed by atoms with Gasteiger partial charge in [-0.05, 0) is 61.9 Å². The van der Waals surface area contributed by atoms with Crippen LogP contribution in [0.3, 0.4) is 0 Å². The number of guanidine groups is 1. The van der Waals surface area contributed by atoms with E-state index in [1.54, 1.807) is 42.5 Å². The summed E-state index contributed by atoms with van der Waals surface area (Å²) in [6, 6.07) is 12.7. The fourth-order valence-electron chi connectivity index (χ4n) is 4.26. The van der Waals surface area contributed by atoms with Crippen molar-refractivity contribution in [3.05, 3.63) is 60.2 Å². The zero-order valence-electron chi connectivity index (χ0n) is 21.1. The number of rotatable bonds is 14. The number of hydrogen-bond donors (Lipinski definition) is 5. The summed E-state index contributed by atoms with van der Waals surface area (Å²) in [5.74, 6) is -1.21. The maximum Gasteiger partial charge on any atom is 0.326 e. The molecule has 38 heavy (non-hydrogen) atoms. The number of carboxylic acids is 1. The van der Waals surface area contributed by atoms with Gasteiger partial charge in [0.05, 0.1) is 11.5 Å². The lowest BCUT2D eigenvalue weighted by atomic mass is 10.1. The van der Waals surface area contributed by atoms with Crippen LogP contribution in [0.25, 0.3) is 0 Å². The van der Waals surface area contributed by atoms with Crippen LogP contribution < -0.4 is 21.1 Å². The van der Waals surface area contributed by atoms with Gasteiger partial charge in [0.25, 0.3) is 0 Å². The summed E-state index contributed by atoms with van der Waals surface area (Å²) >= 11 is 0. The molecule has 1 saturated heterocycles. The van der Waals surface area contributed by atoms with Gasteiger partial charge in [-0.15, -0.1) is 0 Å². The van der Waals surface area contributed by atoms with Gasteiger partial charge >= 0.3 is 5.97 Å². The zero-order chi connectivity index (χ0) is 27.5. The summed E-state index contributed by atoms with van der Waals surface area (Å²) in [4.78, 5) is 25.0. The third-order valence-electron chi connectivity index (χ3n) is 6.24. The minimum Gasteiger partial charge on any atom is -0.494 e. The van der Waals surface area contributed by atoms with Crippen LogP contribution in [0, 0.1) is 5.41 Å². The average Bonchev–Trinajstić information content (AvgIpc) is 3.40. The van der Waals surface area contributed by atoms with Crippen LogP contribution in [0.5, 0.6) is 5.75 Å². The molecular weight excluding hydrogens is 510 g/mol. The molecule has 1 amide bonds. The molecule has 0 saturated carbocycles. The number of carbonyl (C=O) groups excluding carboxylic acids is 1. The first kappa shape index (κ1) is 28.9. The van der Waals surface area contributed by atoms with E-state index in [1.807, 2.05) is 0 Å². The molecule has 2 aromatic rings. The molecule has 12 heteroatoms. The molecule has 6 N–H and O–H groups in total. The number of benzene rings is 2. The lowest BCUT2D eigenvalue weighted by Gasteiger charge is -2.25. The first-order valence-corrected chi connectivity index (χ1v) is 14.0. The van der Waals surface area contributed by atoms with Crippen LogP contribution >= 0.6 is 0 Å². The van der Waals surface area contributed by atoms with Crippen molar-refractivity contribution in [2.24, 2.45) is 5.73 Å². The molecule has 1 aliphatic rings.